The topological polar surface area (TPSA) is 63.3 Å². The largest absolute Gasteiger partial charge is 0.481 e. The van der Waals surface area contributed by atoms with Gasteiger partial charge in [-0.3, -0.25) is 4.79 Å². The fourth-order valence-corrected chi connectivity index (χ4v) is 3.16. The summed E-state index contributed by atoms with van der Waals surface area (Å²) in [7, 11) is 0. The molecule has 1 aliphatic rings. The van der Waals surface area contributed by atoms with Crippen molar-refractivity contribution >= 4 is 11.7 Å². The Kier molecular flexibility index (Phi) is 3.60. The molecule has 1 atom stereocenters. The predicted molar refractivity (Wildman–Crippen MR) is 72.4 cm³/mol. The lowest BCUT2D eigenvalue weighted by Crippen LogP contribution is -2.41. The number of carbonyl (C=O) groups is 1. The number of rotatable bonds is 3. The molecule has 3 heteroatoms. The van der Waals surface area contributed by atoms with Crippen LogP contribution in [0.1, 0.15) is 44.6 Å². The van der Waals surface area contributed by atoms with Gasteiger partial charge in [0.25, 0.3) is 0 Å². The van der Waals surface area contributed by atoms with Crippen LogP contribution in [-0.2, 0) is 10.2 Å². The summed E-state index contributed by atoms with van der Waals surface area (Å²) in [4.78, 5) is 11.8. The van der Waals surface area contributed by atoms with Gasteiger partial charge in [0, 0.05) is 5.69 Å². The molecule has 18 heavy (non-hydrogen) atoms. The van der Waals surface area contributed by atoms with Gasteiger partial charge in [-0.05, 0) is 37.3 Å². The number of nitrogens with two attached hydrogens (primary N) is 1. The summed E-state index contributed by atoms with van der Waals surface area (Å²) < 4.78 is 0. The van der Waals surface area contributed by atoms with E-state index in [0.29, 0.717) is 5.69 Å². The molecule has 0 aromatic heterocycles. The molecule has 0 heterocycles. The van der Waals surface area contributed by atoms with Crippen molar-refractivity contribution in [2.75, 3.05) is 5.73 Å². The number of hydrogen-bond donors (Lipinski definition) is 2. The Labute approximate surface area is 108 Å². The highest BCUT2D eigenvalue weighted by Crippen LogP contribution is 2.43. The Balaban J connectivity index is 2.43. The molecule has 1 unspecified atom stereocenters. The summed E-state index contributed by atoms with van der Waals surface area (Å²) in [5.41, 5.74) is 6.49. The van der Waals surface area contributed by atoms with Crippen LogP contribution in [0.5, 0.6) is 0 Å². The maximum Gasteiger partial charge on any atom is 0.314 e. The molecule has 1 aliphatic carbocycles. The number of aliphatic carboxylic acids is 1. The quantitative estimate of drug-likeness (QED) is 0.806. The average molecular weight is 247 g/mol. The molecule has 0 amide bonds. The van der Waals surface area contributed by atoms with E-state index in [4.69, 9.17) is 5.73 Å². The summed E-state index contributed by atoms with van der Waals surface area (Å²) in [6, 6.07) is 7.37. The summed E-state index contributed by atoms with van der Waals surface area (Å²) in [5, 5.41) is 9.71. The first kappa shape index (κ1) is 12.9. The normalized spacial score (nSPS) is 20.3. The molecular weight excluding hydrogens is 226 g/mol. The first-order valence-corrected chi connectivity index (χ1v) is 6.65. The first-order chi connectivity index (χ1) is 8.56. The van der Waals surface area contributed by atoms with E-state index in [1.807, 2.05) is 25.1 Å². The van der Waals surface area contributed by atoms with Gasteiger partial charge >= 0.3 is 5.97 Å². The Morgan fingerprint density at radius 3 is 2.44 bits per heavy atom. The lowest BCUT2D eigenvalue weighted by atomic mass is 9.66. The van der Waals surface area contributed by atoms with Gasteiger partial charge in [0.15, 0.2) is 0 Å². The smallest absolute Gasteiger partial charge is 0.314 e. The molecule has 3 nitrogen and oxygen atoms in total. The number of carboxylic acids is 1. The van der Waals surface area contributed by atoms with E-state index in [0.717, 1.165) is 31.2 Å². The highest BCUT2D eigenvalue weighted by Gasteiger charge is 2.44. The Morgan fingerprint density at radius 2 is 1.89 bits per heavy atom. The zero-order valence-corrected chi connectivity index (χ0v) is 10.9. The Morgan fingerprint density at radius 1 is 1.28 bits per heavy atom. The fourth-order valence-electron chi connectivity index (χ4n) is 3.16. The van der Waals surface area contributed by atoms with Gasteiger partial charge in [-0.2, -0.15) is 0 Å². The molecule has 1 fully saturated rings. The van der Waals surface area contributed by atoms with Gasteiger partial charge in [0.1, 0.15) is 0 Å². The second kappa shape index (κ2) is 5.01. The van der Waals surface area contributed by atoms with E-state index in [1.165, 1.54) is 6.42 Å². The Hall–Kier alpha value is -1.51. The second-order valence-electron chi connectivity index (χ2n) is 5.43. The lowest BCUT2D eigenvalue weighted by molar-refractivity contribution is -0.146. The number of para-hydroxylation sites is 1. The maximum absolute atomic E-state index is 11.8. The third-order valence-electron chi connectivity index (χ3n) is 4.39. The SMILES string of the molecule is CC(C(=O)O)(c1ccccc1N)C1CCCCC1. The van der Waals surface area contributed by atoms with Crippen LogP contribution in [0.4, 0.5) is 5.69 Å². The number of hydrogen-bond acceptors (Lipinski definition) is 2. The van der Waals surface area contributed by atoms with Crippen molar-refractivity contribution < 1.29 is 9.90 Å². The zero-order chi connectivity index (χ0) is 13.2. The molecule has 1 aromatic carbocycles. The minimum atomic E-state index is -0.855. The molecule has 98 valence electrons. The maximum atomic E-state index is 11.8. The van der Waals surface area contributed by atoms with E-state index in [-0.39, 0.29) is 5.92 Å². The van der Waals surface area contributed by atoms with E-state index < -0.39 is 11.4 Å². The minimum absolute atomic E-state index is 0.188. The van der Waals surface area contributed by atoms with E-state index in [1.54, 1.807) is 6.07 Å². The molecule has 0 saturated heterocycles. The van der Waals surface area contributed by atoms with Gasteiger partial charge in [-0.15, -0.1) is 0 Å². The summed E-state index contributed by atoms with van der Waals surface area (Å²) in [5.74, 6) is -0.569. The summed E-state index contributed by atoms with van der Waals surface area (Å²) in [6.07, 6.45) is 5.44. The van der Waals surface area contributed by atoms with Gasteiger partial charge < -0.3 is 10.8 Å². The zero-order valence-electron chi connectivity index (χ0n) is 10.9. The van der Waals surface area contributed by atoms with Crippen LogP contribution >= 0.6 is 0 Å². The molecule has 1 saturated carbocycles. The van der Waals surface area contributed by atoms with Crippen LogP contribution in [-0.4, -0.2) is 11.1 Å². The third kappa shape index (κ3) is 2.09. The van der Waals surface area contributed by atoms with Crippen molar-refractivity contribution in [3.05, 3.63) is 29.8 Å². The monoisotopic (exact) mass is 247 g/mol. The molecule has 3 N–H and O–H groups in total. The molecule has 1 aromatic rings. The number of anilines is 1. The molecule has 0 aliphatic heterocycles. The van der Waals surface area contributed by atoms with Gasteiger partial charge in [-0.1, -0.05) is 37.5 Å². The Bertz CT molecular complexity index is 438. The van der Waals surface area contributed by atoms with Crippen molar-refractivity contribution in [2.45, 2.75) is 44.4 Å². The van der Waals surface area contributed by atoms with Crippen LogP contribution in [0.3, 0.4) is 0 Å². The number of carboxylic acid groups (broad SMARTS) is 1. The van der Waals surface area contributed by atoms with Crippen molar-refractivity contribution in [3.63, 3.8) is 0 Å². The molecule has 0 radical (unpaired) electrons. The van der Waals surface area contributed by atoms with Crippen LogP contribution in [0, 0.1) is 5.92 Å². The number of nitrogen functional groups attached to an aromatic ring is 1. The van der Waals surface area contributed by atoms with Gasteiger partial charge in [0.05, 0.1) is 5.41 Å². The van der Waals surface area contributed by atoms with Crippen molar-refractivity contribution in [1.29, 1.82) is 0 Å². The van der Waals surface area contributed by atoms with Gasteiger partial charge in [0.2, 0.25) is 0 Å². The van der Waals surface area contributed by atoms with Crippen LogP contribution < -0.4 is 5.73 Å². The van der Waals surface area contributed by atoms with Crippen LogP contribution in [0.15, 0.2) is 24.3 Å². The summed E-state index contributed by atoms with van der Waals surface area (Å²) in [6.45, 7) is 1.83. The highest BCUT2D eigenvalue weighted by atomic mass is 16.4. The van der Waals surface area contributed by atoms with E-state index >= 15 is 0 Å². The van der Waals surface area contributed by atoms with Crippen molar-refractivity contribution in [2.24, 2.45) is 5.92 Å². The van der Waals surface area contributed by atoms with E-state index in [9.17, 15) is 9.90 Å². The minimum Gasteiger partial charge on any atom is -0.481 e. The van der Waals surface area contributed by atoms with Crippen LogP contribution in [0.25, 0.3) is 0 Å². The molecule has 0 bridgehead atoms. The lowest BCUT2D eigenvalue weighted by Gasteiger charge is -2.37. The fraction of sp³-hybridized carbons (Fsp3) is 0.533. The molecule has 0 spiro atoms. The third-order valence-corrected chi connectivity index (χ3v) is 4.39. The second-order valence-corrected chi connectivity index (χ2v) is 5.43. The molecule has 2 rings (SSSR count). The van der Waals surface area contributed by atoms with Gasteiger partial charge in [-0.25, -0.2) is 0 Å². The average Bonchev–Trinajstić information content (AvgIpc) is 2.39. The highest BCUT2D eigenvalue weighted by molar-refractivity contribution is 5.83. The number of benzene rings is 1. The van der Waals surface area contributed by atoms with E-state index in [2.05, 4.69) is 0 Å². The first-order valence-electron chi connectivity index (χ1n) is 6.65. The standard InChI is InChI=1S/C15H21NO2/c1-15(14(17)18,11-7-3-2-4-8-11)12-9-5-6-10-13(12)16/h5-6,9-11H,2-4,7-8,16H2,1H3,(H,17,18). The molecular formula is C15H21NO2. The van der Waals surface area contributed by atoms with Crippen LogP contribution in [0.2, 0.25) is 0 Å². The van der Waals surface area contributed by atoms with Crippen molar-refractivity contribution in [1.82, 2.24) is 0 Å². The van der Waals surface area contributed by atoms with Crippen molar-refractivity contribution in [3.8, 4) is 0 Å². The predicted octanol–water partition coefficient (Wildman–Crippen LogP) is 3.19. The summed E-state index contributed by atoms with van der Waals surface area (Å²) >= 11 is 0.